The molecule has 7 aromatic carbocycles. The lowest BCUT2D eigenvalue weighted by atomic mass is 10.1. The predicted molar refractivity (Wildman–Crippen MR) is 205 cm³/mol. The molecule has 0 unspecified atom stereocenters. The summed E-state index contributed by atoms with van der Waals surface area (Å²) in [6.07, 6.45) is 0. The summed E-state index contributed by atoms with van der Waals surface area (Å²) in [5.74, 6) is 1.85. The van der Waals surface area contributed by atoms with Crippen molar-refractivity contribution in [2.24, 2.45) is 0 Å². The van der Waals surface area contributed by atoms with Gasteiger partial charge in [0.25, 0.3) is 0 Å². The van der Waals surface area contributed by atoms with Crippen molar-refractivity contribution < 1.29 is 8.83 Å². The van der Waals surface area contributed by atoms with Gasteiger partial charge < -0.3 is 13.4 Å². The molecule has 0 fully saturated rings. The van der Waals surface area contributed by atoms with Crippen LogP contribution in [0.3, 0.4) is 0 Å². The van der Waals surface area contributed by atoms with E-state index in [-0.39, 0.29) is 0 Å². The second kappa shape index (κ2) is 10.7. The third-order valence-corrected chi connectivity index (χ3v) is 9.86. The van der Waals surface area contributed by atoms with E-state index in [4.69, 9.17) is 23.8 Å². The average molecular weight is 655 g/mol. The number of rotatable bonds is 4. The molecule has 6 heteroatoms. The van der Waals surface area contributed by atoms with Crippen LogP contribution in [-0.4, -0.2) is 19.5 Å². The minimum Gasteiger partial charge on any atom is -0.452 e. The zero-order valence-corrected chi connectivity index (χ0v) is 27.1. The summed E-state index contributed by atoms with van der Waals surface area (Å²) in [5.41, 5.74) is 9.04. The SMILES string of the molecule is c1ccc(-c2nc(-c3ccccc3)nc(-c3ccc4oc5c(ccc6c7cccc(-n8c9ccccc9c9ccccc98)c7oc65)c4c3)n2)cc1. The Balaban J connectivity index is 1.11. The fourth-order valence-electron chi connectivity index (χ4n) is 7.51. The van der Waals surface area contributed by atoms with E-state index in [9.17, 15) is 0 Å². The van der Waals surface area contributed by atoms with Crippen LogP contribution in [0.25, 0.3) is 106 Å². The van der Waals surface area contributed by atoms with Crippen LogP contribution in [0.15, 0.2) is 167 Å². The molecule has 0 aliphatic heterocycles. The molecule has 0 saturated carbocycles. The highest BCUT2D eigenvalue weighted by atomic mass is 16.4. The average Bonchev–Trinajstić information content (AvgIpc) is 3.88. The number of benzene rings is 7. The first-order valence-corrected chi connectivity index (χ1v) is 16.9. The monoisotopic (exact) mass is 654 g/mol. The van der Waals surface area contributed by atoms with Crippen LogP contribution in [0, 0.1) is 0 Å². The van der Waals surface area contributed by atoms with Crippen LogP contribution in [0.4, 0.5) is 0 Å². The van der Waals surface area contributed by atoms with Crippen LogP contribution in [0.2, 0.25) is 0 Å². The number of nitrogens with zero attached hydrogens (tertiary/aromatic N) is 4. The van der Waals surface area contributed by atoms with Gasteiger partial charge in [-0.2, -0.15) is 0 Å². The Morgan fingerprint density at radius 1 is 0.353 bits per heavy atom. The summed E-state index contributed by atoms with van der Waals surface area (Å²) in [7, 11) is 0. The molecule has 0 amide bonds. The van der Waals surface area contributed by atoms with Gasteiger partial charge in [-0.25, -0.2) is 15.0 Å². The highest BCUT2D eigenvalue weighted by Gasteiger charge is 2.21. The molecule has 11 rings (SSSR count). The molecule has 0 saturated heterocycles. The lowest BCUT2D eigenvalue weighted by Gasteiger charge is -2.08. The summed E-state index contributed by atoms with van der Waals surface area (Å²) in [6, 6.07) is 53.9. The standard InChI is InChI=1S/C45H26N4O2/c1-3-12-27(13-4-1)43-46-44(28-14-5-2-6-15-28)48-45(47-43)29-22-25-39-35(26-29)34-24-23-33-32-18-11-21-38(40(32)51-42(33)41(34)50-39)49-36-19-9-7-16-30(36)31-17-8-10-20-37(31)49/h1-26H. The van der Waals surface area contributed by atoms with E-state index < -0.39 is 0 Å². The van der Waals surface area contributed by atoms with Crippen molar-refractivity contribution in [1.29, 1.82) is 0 Å². The van der Waals surface area contributed by atoms with Crippen molar-refractivity contribution in [3.05, 3.63) is 158 Å². The molecule has 0 atom stereocenters. The maximum absolute atomic E-state index is 6.84. The second-order valence-electron chi connectivity index (χ2n) is 12.8. The summed E-state index contributed by atoms with van der Waals surface area (Å²) in [6.45, 7) is 0. The van der Waals surface area contributed by atoms with Gasteiger partial charge in [0.1, 0.15) is 5.58 Å². The van der Waals surface area contributed by atoms with Crippen molar-refractivity contribution in [2.45, 2.75) is 0 Å². The fraction of sp³-hybridized carbons (Fsp3) is 0. The smallest absolute Gasteiger partial charge is 0.178 e. The Bertz CT molecular complexity index is 3030. The molecule has 4 aromatic heterocycles. The number of furan rings is 2. The third-order valence-electron chi connectivity index (χ3n) is 9.86. The van der Waals surface area contributed by atoms with Crippen LogP contribution < -0.4 is 0 Å². The van der Waals surface area contributed by atoms with Gasteiger partial charge in [-0.3, -0.25) is 0 Å². The number of fused-ring (bicyclic) bond motifs is 10. The van der Waals surface area contributed by atoms with Crippen molar-refractivity contribution in [3.8, 4) is 39.9 Å². The first-order valence-electron chi connectivity index (χ1n) is 16.9. The summed E-state index contributed by atoms with van der Waals surface area (Å²) in [5, 5.41) is 6.41. The van der Waals surface area contributed by atoms with Crippen molar-refractivity contribution in [2.75, 3.05) is 0 Å². The molecule has 0 radical (unpaired) electrons. The minimum atomic E-state index is 0.597. The lowest BCUT2D eigenvalue weighted by molar-refractivity contribution is 0.632. The number of aromatic nitrogens is 4. The first-order chi connectivity index (χ1) is 25.3. The largest absolute Gasteiger partial charge is 0.452 e. The number of hydrogen-bond donors (Lipinski definition) is 0. The molecule has 0 bridgehead atoms. The van der Waals surface area contributed by atoms with Gasteiger partial charge >= 0.3 is 0 Å². The summed E-state index contributed by atoms with van der Waals surface area (Å²) in [4.78, 5) is 14.8. The molecule has 238 valence electrons. The van der Waals surface area contributed by atoms with Gasteiger partial charge in [-0.05, 0) is 48.5 Å². The zero-order valence-electron chi connectivity index (χ0n) is 27.1. The predicted octanol–water partition coefficient (Wildman–Crippen LogP) is 11.8. The van der Waals surface area contributed by atoms with Crippen LogP contribution in [0.5, 0.6) is 0 Å². The Hall–Kier alpha value is -7.05. The quantitative estimate of drug-likeness (QED) is 0.189. The Morgan fingerprint density at radius 2 is 0.863 bits per heavy atom. The molecular formula is C45H26N4O2. The van der Waals surface area contributed by atoms with E-state index in [1.54, 1.807) is 0 Å². The van der Waals surface area contributed by atoms with E-state index in [2.05, 4.69) is 89.5 Å². The Morgan fingerprint density at radius 3 is 1.51 bits per heavy atom. The molecule has 0 N–H and O–H groups in total. The number of para-hydroxylation sites is 3. The molecule has 0 spiro atoms. The zero-order chi connectivity index (χ0) is 33.5. The van der Waals surface area contributed by atoms with Crippen LogP contribution in [0.1, 0.15) is 0 Å². The summed E-state index contributed by atoms with van der Waals surface area (Å²) >= 11 is 0. The summed E-state index contributed by atoms with van der Waals surface area (Å²) < 4.78 is 15.7. The minimum absolute atomic E-state index is 0.597. The molecule has 6 nitrogen and oxygen atoms in total. The Labute approximate surface area is 290 Å². The molecule has 11 aromatic rings. The van der Waals surface area contributed by atoms with Crippen molar-refractivity contribution >= 4 is 65.7 Å². The second-order valence-corrected chi connectivity index (χ2v) is 12.8. The third kappa shape index (κ3) is 4.20. The van der Waals surface area contributed by atoms with Crippen LogP contribution >= 0.6 is 0 Å². The highest BCUT2D eigenvalue weighted by molar-refractivity contribution is 6.20. The van der Waals surface area contributed by atoms with Crippen molar-refractivity contribution in [1.82, 2.24) is 19.5 Å². The van der Waals surface area contributed by atoms with Gasteiger partial charge in [0.2, 0.25) is 0 Å². The topological polar surface area (TPSA) is 69.9 Å². The van der Waals surface area contributed by atoms with Gasteiger partial charge in [-0.1, -0.05) is 109 Å². The molecular weight excluding hydrogens is 629 g/mol. The van der Waals surface area contributed by atoms with E-state index >= 15 is 0 Å². The fourth-order valence-corrected chi connectivity index (χ4v) is 7.51. The van der Waals surface area contributed by atoms with Crippen molar-refractivity contribution in [3.63, 3.8) is 0 Å². The van der Waals surface area contributed by atoms with E-state index in [1.165, 1.54) is 10.8 Å². The van der Waals surface area contributed by atoms with Gasteiger partial charge in [0.05, 0.1) is 16.7 Å². The van der Waals surface area contributed by atoms with Gasteiger partial charge in [0, 0.05) is 49.0 Å². The lowest BCUT2D eigenvalue weighted by Crippen LogP contribution is -2.00. The first kappa shape index (κ1) is 27.9. The van der Waals surface area contributed by atoms with E-state index in [0.29, 0.717) is 17.5 Å². The van der Waals surface area contributed by atoms with E-state index in [1.807, 2.05) is 72.8 Å². The molecule has 4 heterocycles. The van der Waals surface area contributed by atoms with Gasteiger partial charge in [-0.15, -0.1) is 0 Å². The maximum Gasteiger partial charge on any atom is 0.178 e. The Kier molecular flexibility index (Phi) is 5.86. The molecule has 0 aliphatic carbocycles. The maximum atomic E-state index is 6.84. The van der Waals surface area contributed by atoms with Gasteiger partial charge in [0.15, 0.2) is 34.2 Å². The van der Waals surface area contributed by atoms with Crippen LogP contribution in [-0.2, 0) is 0 Å². The normalized spacial score (nSPS) is 11.9. The molecule has 0 aliphatic rings. The van der Waals surface area contributed by atoms with E-state index in [0.717, 1.165) is 77.3 Å². The molecule has 51 heavy (non-hydrogen) atoms. The highest BCUT2D eigenvalue weighted by Crippen LogP contribution is 2.42. The number of hydrogen-bond acceptors (Lipinski definition) is 5.